The Morgan fingerprint density at radius 3 is 2.57 bits per heavy atom. The summed E-state index contributed by atoms with van der Waals surface area (Å²) in [6.07, 6.45) is 2.32. The number of alkyl halides is 2. The minimum absolute atomic E-state index is 0.244. The highest BCUT2D eigenvalue weighted by Crippen LogP contribution is 2.54. The Balaban J connectivity index is 2.43. The predicted octanol–water partition coefficient (Wildman–Crippen LogP) is 3.74. The highest BCUT2D eigenvalue weighted by molar-refractivity contribution is 5.41. The summed E-state index contributed by atoms with van der Waals surface area (Å²) in [5, 5.41) is 0. The lowest BCUT2D eigenvalue weighted by atomic mass is 9.89. The third kappa shape index (κ3) is 2.47. The number of hydrogen-bond acceptors (Lipinski definition) is 2. The van der Waals surface area contributed by atoms with Gasteiger partial charge in [0.15, 0.2) is 5.60 Å². The van der Waals surface area contributed by atoms with E-state index >= 15 is 0 Å². The molecule has 1 saturated heterocycles. The largest absolute Gasteiger partial charge is 0.357 e. The lowest BCUT2D eigenvalue weighted by Gasteiger charge is -2.24. The van der Waals surface area contributed by atoms with Gasteiger partial charge in [-0.2, -0.15) is 8.78 Å². The van der Waals surface area contributed by atoms with Gasteiger partial charge in [-0.25, -0.2) is 4.39 Å². The zero-order valence-electron chi connectivity index (χ0n) is 11.7. The van der Waals surface area contributed by atoms with Crippen molar-refractivity contribution in [2.45, 2.75) is 25.4 Å². The van der Waals surface area contributed by atoms with Crippen LogP contribution in [0.15, 0.2) is 42.4 Å². The molecule has 1 aliphatic rings. The van der Waals surface area contributed by atoms with Gasteiger partial charge in [0.1, 0.15) is 11.5 Å². The molecule has 1 aromatic rings. The number of epoxide rings is 1. The SMILES string of the molecule is C=C/C(=C(\C)F)C1(C(F)(F)c2ccc(C#CC)cn2)CO1. The predicted molar refractivity (Wildman–Crippen MR) is 73.4 cm³/mol. The van der Waals surface area contributed by atoms with Crippen molar-refractivity contribution in [2.75, 3.05) is 6.61 Å². The number of rotatable bonds is 4. The van der Waals surface area contributed by atoms with Crippen molar-refractivity contribution in [3.63, 3.8) is 0 Å². The van der Waals surface area contributed by atoms with Gasteiger partial charge >= 0.3 is 5.92 Å². The molecule has 0 aliphatic carbocycles. The molecule has 2 nitrogen and oxygen atoms in total. The molecule has 21 heavy (non-hydrogen) atoms. The molecule has 0 amide bonds. The van der Waals surface area contributed by atoms with E-state index in [0.29, 0.717) is 5.56 Å². The first-order valence-corrected chi connectivity index (χ1v) is 6.29. The molecule has 2 heterocycles. The molecular formula is C16H14F3NO. The minimum Gasteiger partial charge on any atom is -0.357 e. The molecule has 0 bridgehead atoms. The van der Waals surface area contributed by atoms with E-state index in [1.165, 1.54) is 18.3 Å². The minimum atomic E-state index is -3.46. The summed E-state index contributed by atoms with van der Waals surface area (Å²) >= 11 is 0. The van der Waals surface area contributed by atoms with Gasteiger partial charge in [-0.3, -0.25) is 4.98 Å². The van der Waals surface area contributed by atoms with Crippen molar-refractivity contribution in [2.24, 2.45) is 0 Å². The zero-order valence-corrected chi connectivity index (χ0v) is 11.7. The van der Waals surface area contributed by atoms with Gasteiger partial charge in [-0.15, -0.1) is 5.92 Å². The Morgan fingerprint density at radius 2 is 2.19 bits per heavy atom. The number of hydrogen-bond donors (Lipinski definition) is 0. The van der Waals surface area contributed by atoms with Crippen LogP contribution in [0.5, 0.6) is 0 Å². The summed E-state index contributed by atoms with van der Waals surface area (Å²) in [7, 11) is 0. The Labute approximate surface area is 121 Å². The number of ether oxygens (including phenoxy) is 1. The number of allylic oxidation sites excluding steroid dienone is 1. The van der Waals surface area contributed by atoms with E-state index in [2.05, 4.69) is 23.4 Å². The molecule has 1 unspecified atom stereocenters. The second-order valence-corrected chi connectivity index (χ2v) is 4.65. The van der Waals surface area contributed by atoms with Crippen LogP contribution in [0.2, 0.25) is 0 Å². The topological polar surface area (TPSA) is 25.4 Å². The molecule has 0 aromatic carbocycles. The smallest absolute Gasteiger partial charge is 0.324 e. The summed E-state index contributed by atoms with van der Waals surface area (Å²) in [4.78, 5) is 3.74. The Bertz CT molecular complexity index is 642. The van der Waals surface area contributed by atoms with E-state index in [1.807, 2.05) is 0 Å². The number of halogens is 3. The molecule has 1 atom stereocenters. The van der Waals surface area contributed by atoms with Crippen LogP contribution in [0, 0.1) is 11.8 Å². The number of nitrogens with zero attached hydrogens (tertiary/aromatic N) is 1. The van der Waals surface area contributed by atoms with Crippen molar-refractivity contribution in [3.8, 4) is 11.8 Å². The van der Waals surface area contributed by atoms with Crippen LogP contribution < -0.4 is 0 Å². The second kappa shape index (κ2) is 5.38. The maximum Gasteiger partial charge on any atom is 0.324 e. The summed E-state index contributed by atoms with van der Waals surface area (Å²) in [5.74, 6) is 1.18. The Morgan fingerprint density at radius 1 is 1.52 bits per heavy atom. The molecule has 5 heteroatoms. The van der Waals surface area contributed by atoms with Crippen molar-refractivity contribution in [3.05, 3.63) is 53.6 Å². The molecule has 1 fully saturated rings. The number of pyridine rings is 1. The zero-order chi connectivity index (χ0) is 15.7. The lowest BCUT2D eigenvalue weighted by molar-refractivity contribution is -0.0703. The summed E-state index contributed by atoms with van der Waals surface area (Å²) in [6, 6.07) is 2.62. The summed E-state index contributed by atoms with van der Waals surface area (Å²) in [5.41, 5.74) is -2.21. The molecule has 0 spiro atoms. The van der Waals surface area contributed by atoms with Gasteiger partial charge in [-0.1, -0.05) is 18.6 Å². The van der Waals surface area contributed by atoms with Gasteiger partial charge in [-0.05, 0) is 26.0 Å². The van der Waals surface area contributed by atoms with Gasteiger partial charge < -0.3 is 4.74 Å². The third-order valence-electron chi connectivity index (χ3n) is 3.31. The molecule has 1 aromatic heterocycles. The average Bonchev–Trinajstić information content (AvgIpc) is 3.22. The summed E-state index contributed by atoms with van der Waals surface area (Å²) in [6.45, 7) is 5.85. The van der Waals surface area contributed by atoms with E-state index in [0.717, 1.165) is 13.0 Å². The molecule has 110 valence electrons. The van der Waals surface area contributed by atoms with Crippen molar-refractivity contribution >= 4 is 0 Å². The van der Waals surface area contributed by atoms with E-state index in [-0.39, 0.29) is 12.2 Å². The standard InChI is InChI=1S/C16H14F3NO/c1-4-6-12-7-8-14(20-9-12)16(18,19)15(10-21-15)13(5-2)11(3)17/h5,7-9H,2,10H2,1,3H3/b13-11-. The van der Waals surface area contributed by atoms with Crippen LogP contribution in [0.4, 0.5) is 13.2 Å². The average molecular weight is 293 g/mol. The maximum atomic E-state index is 14.6. The van der Waals surface area contributed by atoms with Crippen LogP contribution in [0.25, 0.3) is 0 Å². The fourth-order valence-electron chi connectivity index (χ4n) is 2.17. The molecule has 1 aliphatic heterocycles. The molecule has 0 N–H and O–H groups in total. The Kier molecular flexibility index (Phi) is 3.93. The second-order valence-electron chi connectivity index (χ2n) is 4.65. The first-order chi connectivity index (χ1) is 9.89. The van der Waals surface area contributed by atoms with Crippen LogP contribution in [-0.2, 0) is 10.7 Å². The molecule has 2 rings (SSSR count). The highest BCUT2D eigenvalue weighted by atomic mass is 19.3. The van der Waals surface area contributed by atoms with Crippen LogP contribution in [0.3, 0.4) is 0 Å². The normalized spacial score (nSPS) is 22.0. The monoisotopic (exact) mass is 293 g/mol. The van der Waals surface area contributed by atoms with Gasteiger partial charge in [0, 0.05) is 17.3 Å². The quantitative estimate of drug-likeness (QED) is 0.480. The molecule has 0 saturated carbocycles. The molecule has 0 radical (unpaired) electrons. The first kappa shape index (κ1) is 15.3. The van der Waals surface area contributed by atoms with E-state index in [1.54, 1.807) is 6.92 Å². The summed E-state index contributed by atoms with van der Waals surface area (Å²) < 4.78 is 47.7. The van der Waals surface area contributed by atoms with Gasteiger partial charge in [0.05, 0.1) is 6.61 Å². The van der Waals surface area contributed by atoms with E-state index in [9.17, 15) is 13.2 Å². The maximum absolute atomic E-state index is 14.6. The van der Waals surface area contributed by atoms with Crippen molar-refractivity contribution < 1.29 is 17.9 Å². The van der Waals surface area contributed by atoms with Gasteiger partial charge in [0.25, 0.3) is 0 Å². The van der Waals surface area contributed by atoms with Crippen molar-refractivity contribution in [1.29, 1.82) is 0 Å². The lowest BCUT2D eigenvalue weighted by Crippen LogP contribution is -2.37. The van der Waals surface area contributed by atoms with Crippen LogP contribution >= 0.6 is 0 Å². The number of aromatic nitrogens is 1. The van der Waals surface area contributed by atoms with Crippen LogP contribution in [0.1, 0.15) is 25.1 Å². The van der Waals surface area contributed by atoms with E-state index in [4.69, 9.17) is 4.74 Å². The third-order valence-corrected chi connectivity index (χ3v) is 3.31. The fraction of sp³-hybridized carbons (Fsp3) is 0.312. The molecular weight excluding hydrogens is 279 g/mol. The van der Waals surface area contributed by atoms with E-state index < -0.39 is 23.0 Å². The fourth-order valence-corrected chi connectivity index (χ4v) is 2.17. The van der Waals surface area contributed by atoms with Crippen LogP contribution in [-0.4, -0.2) is 17.2 Å². The van der Waals surface area contributed by atoms with Gasteiger partial charge in [0.2, 0.25) is 0 Å². The first-order valence-electron chi connectivity index (χ1n) is 6.29. The Hall–Kier alpha value is -2.06. The highest BCUT2D eigenvalue weighted by Gasteiger charge is 2.68. The van der Waals surface area contributed by atoms with Crippen molar-refractivity contribution in [1.82, 2.24) is 4.98 Å².